The molecule has 3 unspecified atom stereocenters. The van der Waals surface area contributed by atoms with Crippen molar-refractivity contribution < 1.29 is 14.3 Å². The first-order valence-electron chi connectivity index (χ1n) is 6.10. The molecule has 4 N–H and O–H groups in total. The van der Waals surface area contributed by atoms with Gasteiger partial charge in [-0.15, -0.1) is 0 Å². The van der Waals surface area contributed by atoms with E-state index in [-0.39, 0.29) is 10.8 Å². The number of nitrogens with one attached hydrogen (secondary N) is 1. The summed E-state index contributed by atoms with van der Waals surface area (Å²) in [4.78, 5) is 8.78. The van der Waals surface area contributed by atoms with Crippen molar-refractivity contribution in [3.8, 4) is 0 Å². The van der Waals surface area contributed by atoms with Crippen LogP contribution in [0.3, 0.4) is 0 Å². The molecule has 1 fully saturated rings. The highest BCUT2D eigenvalue weighted by Crippen LogP contribution is 2.49. The van der Waals surface area contributed by atoms with Crippen molar-refractivity contribution >= 4 is 17.7 Å². The molecule has 0 radical (unpaired) electrons. The van der Waals surface area contributed by atoms with Gasteiger partial charge in [0.05, 0.1) is 5.02 Å². The third-order valence-corrected chi connectivity index (χ3v) is 4.22. The lowest BCUT2D eigenvalue weighted by Gasteiger charge is -2.13. The Balaban J connectivity index is 0.000000297. The minimum Gasteiger partial charge on any atom is -0.465 e. The average molecular weight is 287 g/mol. The Labute approximate surface area is 115 Å². The Bertz CT molecular complexity index is 506. The van der Waals surface area contributed by atoms with Gasteiger partial charge in [-0.1, -0.05) is 24.6 Å². The monoisotopic (exact) mass is 286 g/mol. The Morgan fingerprint density at radius 2 is 2.16 bits per heavy atom. The maximum absolute atomic E-state index is 13.9. The van der Waals surface area contributed by atoms with Crippen LogP contribution in [0.2, 0.25) is 5.02 Å². The van der Waals surface area contributed by atoms with Gasteiger partial charge in [0.25, 0.3) is 0 Å². The Kier molecular flexibility index (Phi) is 3.96. The topological polar surface area (TPSA) is 75.3 Å². The molecule has 6 heteroatoms. The first-order valence-corrected chi connectivity index (χ1v) is 6.48. The number of carboxylic acid groups (broad SMARTS) is 1. The number of nitrogens with two attached hydrogens (primary N) is 1. The number of amides is 1. The van der Waals surface area contributed by atoms with Crippen LogP contribution >= 0.6 is 11.6 Å². The number of carbonyl (C=O) groups is 1. The Morgan fingerprint density at radius 3 is 2.79 bits per heavy atom. The molecule has 1 heterocycles. The van der Waals surface area contributed by atoms with Crippen molar-refractivity contribution in [3.05, 3.63) is 34.1 Å². The molecule has 4 nitrogen and oxygen atoms in total. The highest BCUT2D eigenvalue weighted by Gasteiger charge is 2.42. The molecule has 0 saturated carbocycles. The van der Waals surface area contributed by atoms with Gasteiger partial charge in [0.1, 0.15) is 5.82 Å². The summed E-state index contributed by atoms with van der Waals surface area (Å²) in [7, 11) is 0. The fraction of sp³-hybridized carbons (Fsp3) is 0.462. The lowest BCUT2D eigenvalue weighted by Crippen LogP contribution is -2.13. The van der Waals surface area contributed by atoms with Crippen molar-refractivity contribution in [3.63, 3.8) is 0 Å². The van der Waals surface area contributed by atoms with Gasteiger partial charge in [-0.05, 0) is 35.6 Å². The number of hydrogen-bond acceptors (Lipinski definition) is 2. The predicted octanol–water partition coefficient (Wildman–Crippen LogP) is 2.52. The van der Waals surface area contributed by atoms with Gasteiger partial charge < -0.3 is 16.2 Å². The van der Waals surface area contributed by atoms with Gasteiger partial charge in [-0.2, -0.15) is 0 Å². The number of halogens is 2. The second-order valence-corrected chi connectivity index (χ2v) is 5.33. The summed E-state index contributed by atoms with van der Waals surface area (Å²) in [5, 5.41) is 10.8. The minimum absolute atomic E-state index is 0.198. The fourth-order valence-corrected chi connectivity index (χ4v) is 3.31. The molecule has 104 valence electrons. The normalized spacial score (nSPS) is 27.2. The van der Waals surface area contributed by atoms with Gasteiger partial charge in [-0.3, -0.25) is 0 Å². The number of fused-ring (bicyclic) bond motifs is 3. The zero-order valence-corrected chi connectivity index (χ0v) is 11.2. The molecule has 0 aromatic heterocycles. The zero-order chi connectivity index (χ0) is 14.2. The van der Waals surface area contributed by atoms with Crippen molar-refractivity contribution in [2.24, 2.45) is 11.7 Å². The molecule has 0 bridgehead atoms. The van der Waals surface area contributed by atoms with E-state index in [9.17, 15) is 4.39 Å². The summed E-state index contributed by atoms with van der Waals surface area (Å²) in [5.74, 6) is 1.13. The molecule has 1 aromatic carbocycles. The fourth-order valence-electron chi connectivity index (χ4n) is 3.15. The first kappa shape index (κ1) is 14.1. The van der Waals surface area contributed by atoms with Gasteiger partial charge >= 0.3 is 6.09 Å². The SMILES string of the molecule is CC1c2c(ccc(Cl)c2F)C2CNCC12.NC(=O)O. The number of rotatable bonds is 0. The largest absolute Gasteiger partial charge is 0.465 e. The van der Waals surface area contributed by atoms with Gasteiger partial charge in [0.15, 0.2) is 0 Å². The van der Waals surface area contributed by atoms with Gasteiger partial charge in [0.2, 0.25) is 0 Å². The maximum Gasteiger partial charge on any atom is 0.402 e. The van der Waals surface area contributed by atoms with Crippen LogP contribution < -0.4 is 11.1 Å². The standard InChI is InChI=1S/C12H13ClFN.CH3NO2/c1-6-8-4-15-5-9(8)7-2-3-10(13)12(14)11(6)7;2-1(3)4/h2-3,6,8-9,15H,4-5H2,1H3;2H2,(H,3,4). The van der Waals surface area contributed by atoms with E-state index in [0.29, 0.717) is 17.8 Å². The Morgan fingerprint density at radius 1 is 1.53 bits per heavy atom. The molecule has 1 aliphatic carbocycles. The number of primary amides is 1. The van der Waals surface area contributed by atoms with Crippen LogP contribution in [-0.2, 0) is 0 Å². The van der Waals surface area contributed by atoms with Gasteiger partial charge in [0, 0.05) is 12.5 Å². The predicted molar refractivity (Wildman–Crippen MR) is 71.1 cm³/mol. The number of benzene rings is 1. The third-order valence-electron chi connectivity index (χ3n) is 3.92. The van der Waals surface area contributed by atoms with E-state index in [0.717, 1.165) is 18.7 Å². The maximum atomic E-state index is 13.9. The first-order chi connectivity index (χ1) is 8.93. The van der Waals surface area contributed by atoms with E-state index in [1.54, 1.807) is 6.07 Å². The molecule has 2 aliphatic rings. The van der Waals surface area contributed by atoms with Crippen LogP contribution in [0.15, 0.2) is 12.1 Å². The molecule has 3 atom stereocenters. The molecule has 3 rings (SSSR count). The van der Waals surface area contributed by atoms with E-state index in [1.165, 1.54) is 5.56 Å². The van der Waals surface area contributed by atoms with Crippen LogP contribution in [-0.4, -0.2) is 24.3 Å². The highest BCUT2D eigenvalue weighted by molar-refractivity contribution is 6.30. The zero-order valence-electron chi connectivity index (χ0n) is 10.5. The second-order valence-electron chi connectivity index (χ2n) is 4.92. The minimum atomic E-state index is -1.33. The second kappa shape index (κ2) is 5.35. The van der Waals surface area contributed by atoms with Crippen molar-refractivity contribution in [2.45, 2.75) is 18.8 Å². The summed E-state index contributed by atoms with van der Waals surface area (Å²) in [6.45, 7) is 4.08. The van der Waals surface area contributed by atoms with Crippen LogP contribution in [0.4, 0.5) is 9.18 Å². The molecule has 1 amide bonds. The van der Waals surface area contributed by atoms with Crippen LogP contribution in [0.1, 0.15) is 29.9 Å². The quantitative estimate of drug-likeness (QED) is 0.686. The molecule has 19 heavy (non-hydrogen) atoms. The molecule has 0 spiro atoms. The molecular formula is C13H16ClFN2O2. The van der Waals surface area contributed by atoms with E-state index in [2.05, 4.69) is 18.0 Å². The van der Waals surface area contributed by atoms with Crippen LogP contribution in [0, 0.1) is 11.7 Å². The van der Waals surface area contributed by atoms with E-state index >= 15 is 0 Å². The molecule has 1 saturated heterocycles. The lowest BCUT2D eigenvalue weighted by atomic mass is 9.91. The van der Waals surface area contributed by atoms with Crippen molar-refractivity contribution in [2.75, 3.05) is 13.1 Å². The lowest BCUT2D eigenvalue weighted by molar-refractivity contribution is 0.205. The van der Waals surface area contributed by atoms with Crippen LogP contribution in [0.25, 0.3) is 0 Å². The Hall–Kier alpha value is -1.33. The summed E-state index contributed by atoms with van der Waals surface area (Å²) < 4.78 is 13.9. The summed E-state index contributed by atoms with van der Waals surface area (Å²) in [6, 6.07) is 3.68. The molecule has 1 aliphatic heterocycles. The molecule has 1 aromatic rings. The van der Waals surface area contributed by atoms with Crippen molar-refractivity contribution in [1.82, 2.24) is 5.32 Å². The van der Waals surface area contributed by atoms with Crippen LogP contribution in [0.5, 0.6) is 0 Å². The van der Waals surface area contributed by atoms with E-state index in [1.807, 2.05) is 6.07 Å². The van der Waals surface area contributed by atoms with E-state index < -0.39 is 6.09 Å². The number of hydrogen-bond donors (Lipinski definition) is 3. The third kappa shape index (κ3) is 2.53. The summed E-state index contributed by atoms with van der Waals surface area (Å²) >= 11 is 5.82. The highest BCUT2D eigenvalue weighted by atomic mass is 35.5. The summed E-state index contributed by atoms with van der Waals surface area (Å²) in [5.41, 5.74) is 6.05. The van der Waals surface area contributed by atoms with Crippen molar-refractivity contribution in [1.29, 1.82) is 0 Å². The summed E-state index contributed by atoms with van der Waals surface area (Å²) in [6.07, 6.45) is -1.33. The van der Waals surface area contributed by atoms with E-state index in [4.69, 9.17) is 21.5 Å². The molecular weight excluding hydrogens is 271 g/mol. The smallest absolute Gasteiger partial charge is 0.402 e. The average Bonchev–Trinajstić information content (AvgIpc) is 2.87. The van der Waals surface area contributed by atoms with Gasteiger partial charge in [-0.25, -0.2) is 9.18 Å².